The maximum Gasteiger partial charge on any atom is 0.321 e. The Morgan fingerprint density at radius 2 is 2.04 bits per heavy atom. The van der Waals surface area contributed by atoms with Gasteiger partial charge in [-0.2, -0.15) is 0 Å². The van der Waals surface area contributed by atoms with Crippen molar-refractivity contribution in [3.05, 3.63) is 57.6 Å². The van der Waals surface area contributed by atoms with Crippen LogP contribution in [0.2, 0.25) is 10.0 Å². The fraction of sp³-hybridized carbons (Fsp3) is 0.278. The van der Waals surface area contributed by atoms with Gasteiger partial charge in [-0.1, -0.05) is 29.3 Å². The molecule has 5 nitrogen and oxygen atoms in total. The highest BCUT2D eigenvalue weighted by Crippen LogP contribution is 2.35. The van der Waals surface area contributed by atoms with Gasteiger partial charge in [-0.05, 0) is 35.9 Å². The second-order valence-electron chi connectivity index (χ2n) is 5.71. The summed E-state index contributed by atoms with van der Waals surface area (Å²) in [6.07, 6.45) is 0. The van der Waals surface area contributed by atoms with Gasteiger partial charge in [0, 0.05) is 16.3 Å². The molecule has 0 aromatic heterocycles. The first kappa shape index (κ1) is 19.2. The second-order valence-corrected chi connectivity index (χ2v) is 7.69. The summed E-state index contributed by atoms with van der Waals surface area (Å²) < 4.78 is 11.2. The number of carbonyl (C=O) groups is 1. The minimum absolute atomic E-state index is 0.0834. The first-order chi connectivity index (χ1) is 12.5. The monoisotopic (exact) mass is 413 g/mol. The van der Waals surface area contributed by atoms with E-state index < -0.39 is 12.0 Å². The molecule has 1 aliphatic heterocycles. The number of rotatable bonds is 6. The normalized spacial score (nSPS) is 19.3. The number of ether oxygens (including phenoxy) is 2. The van der Waals surface area contributed by atoms with Crippen molar-refractivity contribution in [3.63, 3.8) is 0 Å². The van der Waals surface area contributed by atoms with Gasteiger partial charge in [-0.15, -0.1) is 11.8 Å². The molecule has 2 atom stereocenters. The summed E-state index contributed by atoms with van der Waals surface area (Å²) in [5.74, 6) is 0.909. The molecule has 26 heavy (non-hydrogen) atoms. The largest absolute Gasteiger partial charge is 0.496 e. The van der Waals surface area contributed by atoms with Gasteiger partial charge in [-0.25, -0.2) is 0 Å². The van der Waals surface area contributed by atoms with E-state index in [1.165, 1.54) is 0 Å². The molecule has 1 fully saturated rings. The van der Waals surface area contributed by atoms with Crippen LogP contribution in [0.15, 0.2) is 36.4 Å². The Bertz CT molecular complexity index is 818. The first-order valence-electron chi connectivity index (χ1n) is 7.83. The molecular formula is C18H17Cl2NO4S. The molecule has 1 aliphatic rings. The number of methoxy groups -OCH3 is 1. The predicted octanol–water partition coefficient (Wildman–Crippen LogP) is 4.37. The summed E-state index contributed by atoms with van der Waals surface area (Å²) in [5.41, 5.74) is 1.82. The van der Waals surface area contributed by atoms with Gasteiger partial charge < -0.3 is 14.6 Å². The SMILES string of the molecule is COc1ccc([C@H]2N[C@@H](C(=O)O)CS2)cc1COc1ccc(Cl)cc1Cl. The Morgan fingerprint density at radius 3 is 2.69 bits per heavy atom. The van der Waals surface area contributed by atoms with Crippen LogP contribution in [0.3, 0.4) is 0 Å². The van der Waals surface area contributed by atoms with E-state index in [0.29, 0.717) is 27.3 Å². The van der Waals surface area contributed by atoms with Crippen molar-refractivity contribution in [2.45, 2.75) is 18.0 Å². The van der Waals surface area contributed by atoms with Crippen molar-refractivity contribution < 1.29 is 19.4 Å². The third-order valence-corrected chi connectivity index (χ3v) is 5.76. The van der Waals surface area contributed by atoms with Crippen LogP contribution in [0.4, 0.5) is 0 Å². The standard InChI is InChI=1S/C18H17Cl2NO4S/c1-24-15-4-2-10(17-21-14(9-26-17)18(22)23)6-11(15)8-25-16-5-3-12(19)7-13(16)20/h2-7,14,17,21H,8-9H2,1H3,(H,22,23)/t14-,17+/m1/s1. The minimum Gasteiger partial charge on any atom is -0.496 e. The summed E-state index contributed by atoms with van der Waals surface area (Å²) >= 11 is 13.6. The van der Waals surface area contributed by atoms with Crippen LogP contribution < -0.4 is 14.8 Å². The number of hydrogen-bond donors (Lipinski definition) is 2. The molecule has 3 rings (SSSR count). The molecule has 0 saturated carbocycles. The number of benzene rings is 2. The average Bonchev–Trinajstić information content (AvgIpc) is 3.11. The van der Waals surface area contributed by atoms with E-state index in [1.54, 1.807) is 37.1 Å². The third kappa shape index (κ3) is 4.38. The third-order valence-electron chi connectivity index (χ3n) is 3.96. The molecule has 0 spiro atoms. The molecule has 2 aromatic carbocycles. The van der Waals surface area contributed by atoms with Crippen LogP contribution in [0.5, 0.6) is 11.5 Å². The lowest BCUT2D eigenvalue weighted by Gasteiger charge is -2.16. The van der Waals surface area contributed by atoms with E-state index in [-0.39, 0.29) is 12.0 Å². The van der Waals surface area contributed by atoms with Crippen LogP contribution in [-0.2, 0) is 11.4 Å². The molecule has 2 aromatic rings. The van der Waals surface area contributed by atoms with Crippen LogP contribution in [0.25, 0.3) is 0 Å². The molecule has 138 valence electrons. The molecule has 0 unspecified atom stereocenters. The van der Waals surface area contributed by atoms with Crippen LogP contribution >= 0.6 is 35.0 Å². The van der Waals surface area contributed by atoms with Crippen LogP contribution in [0.1, 0.15) is 16.5 Å². The number of nitrogens with one attached hydrogen (secondary N) is 1. The minimum atomic E-state index is -0.838. The second kappa shape index (κ2) is 8.39. The summed E-state index contributed by atoms with van der Waals surface area (Å²) in [6, 6.07) is 10.2. The number of halogens is 2. The zero-order valence-electron chi connectivity index (χ0n) is 13.9. The van der Waals surface area contributed by atoms with Gasteiger partial charge in [0.05, 0.1) is 17.5 Å². The van der Waals surface area contributed by atoms with Gasteiger partial charge in [-0.3, -0.25) is 10.1 Å². The predicted molar refractivity (Wildman–Crippen MR) is 104 cm³/mol. The van der Waals surface area contributed by atoms with Crippen molar-refractivity contribution in [1.82, 2.24) is 5.32 Å². The number of aliphatic carboxylic acids is 1. The number of thioether (sulfide) groups is 1. The molecule has 0 aliphatic carbocycles. The lowest BCUT2D eigenvalue weighted by Crippen LogP contribution is -2.33. The lowest BCUT2D eigenvalue weighted by molar-refractivity contribution is -0.138. The van der Waals surface area contributed by atoms with Crippen molar-refractivity contribution in [1.29, 1.82) is 0 Å². The Labute approximate surface area is 165 Å². The summed E-state index contributed by atoms with van der Waals surface area (Å²) in [7, 11) is 1.59. The van der Waals surface area contributed by atoms with E-state index in [9.17, 15) is 4.79 Å². The Morgan fingerprint density at radius 1 is 1.27 bits per heavy atom. The average molecular weight is 414 g/mol. The Balaban J connectivity index is 1.76. The van der Waals surface area contributed by atoms with Crippen molar-refractivity contribution >= 4 is 40.9 Å². The van der Waals surface area contributed by atoms with Crippen molar-refractivity contribution in [3.8, 4) is 11.5 Å². The zero-order valence-corrected chi connectivity index (χ0v) is 16.2. The molecule has 2 N–H and O–H groups in total. The van der Waals surface area contributed by atoms with E-state index in [2.05, 4.69) is 5.32 Å². The van der Waals surface area contributed by atoms with Gasteiger partial charge in [0.25, 0.3) is 0 Å². The Kier molecular flexibility index (Phi) is 6.19. The molecular weight excluding hydrogens is 397 g/mol. The number of carboxylic acid groups (broad SMARTS) is 1. The highest BCUT2D eigenvalue weighted by molar-refractivity contribution is 7.99. The smallest absolute Gasteiger partial charge is 0.321 e. The molecule has 0 radical (unpaired) electrons. The number of hydrogen-bond acceptors (Lipinski definition) is 5. The van der Waals surface area contributed by atoms with Gasteiger partial charge in [0.15, 0.2) is 0 Å². The molecule has 0 bridgehead atoms. The first-order valence-corrected chi connectivity index (χ1v) is 9.63. The Hall–Kier alpha value is -1.60. The molecule has 0 amide bonds. The van der Waals surface area contributed by atoms with Crippen LogP contribution in [0, 0.1) is 0 Å². The van der Waals surface area contributed by atoms with E-state index >= 15 is 0 Å². The lowest BCUT2D eigenvalue weighted by atomic mass is 10.1. The van der Waals surface area contributed by atoms with Gasteiger partial charge in [0.2, 0.25) is 0 Å². The highest BCUT2D eigenvalue weighted by Gasteiger charge is 2.30. The molecule has 8 heteroatoms. The fourth-order valence-corrected chi connectivity index (χ4v) is 4.31. The van der Waals surface area contributed by atoms with Crippen LogP contribution in [-0.4, -0.2) is 30.0 Å². The maximum absolute atomic E-state index is 11.1. The van der Waals surface area contributed by atoms with Gasteiger partial charge >= 0.3 is 5.97 Å². The van der Waals surface area contributed by atoms with Crippen molar-refractivity contribution in [2.75, 3.05) is 12.9 Å². The fourth-order valence-electron chi connectivity index (χ4n) is 2.63. The summed E-state index contributed by atoms with van der Waals surface area (Å²) in [4.78, 5) is 11.1. The summed E-state index contributed by atoms with van der Waals surface area (Å²) in [6.45, 7) is 0.262. The van der Waals surface area contributed by atoms with E-state index in [1.807, 2.05) is 18.2 Å². The van der Waals surface area contributed by atoms with E-state index in [0.717, 1.165) is 11.1 Å². The zero-order chi connectivity index (χ0) is 18.7. The summed E-state index contributed by atoms with van der Waals surface area (Å²) in [5, 5.41) is 13.1. The van der Waals surface area contributed by atoms with E-state index in [4.69, 9.17) is 37.8 Å². The quantitative estimate of drug-likeness (QED) is 0.732. The molecule has 1 heterocycles. The maximum atomic E-state index is 11.1. The topological polar surface area (TPSA) is 67.8 Å². The molecule has 1 saturated heterocycles. The van der Waals surface area contributed by atoms with Crippen molar-refractivity contribution in [2.24, 2.45) is 0 Å². The highest BCUT2D eigenvalue weighted by atomic mass is 35.5. The van der Waals surface area contributed by atoms with Gasteiger partial charge in [0.1, 0.15) is 24.1 Å². The number of carboxylic acids is 1.